The molecule has 0 aliphatic carbocycles. The maximum absolute atomic E-state index is 5.24. The van der Waals surface area contributed by atoms with Crippen LogP contribution in [0.25, 0.3) is 0 Å². The van der Waals surface area contributed by atoms with Crippen LogP contribution in [0.1, 0.15) is 17.3 Å². The van der Waals surface area contributed by atoms with Crippen LogP contribution in [0.5, 0.6) is 11.6 Å². The predicted octanol–water partition coefficient (Wildman–Crippen LogP) is 1.80. The minimum absolute atomic E-state index is 0.0338. The Balaban J connectivity index is 2.31. The second-order valence-electron chi connectivity index (χ2n) is 4.00. The Morgan fingerprint density at radius 1 is 1.05 bits per heavy atom. The second kappa shape index (κ2) is 6.15. The lowest BCUT2D eigenvalue weighted by atomic mass is 10.0. The van der Waals surface area contributed by atoms with Crippen molar-refractivity contribution < 1.29 is 9.47 Å². The number of rotatable bonds is 5. The summed E-state index contributed by atoms with van der Waals surface area (Å²) in [6.45, 7) is 0. The first-order valence-electron chi connectivity index (χ1n) is 5.97. The third kappa shape index (κ3) is 3.00. The molecule has 0 aliphatic rings. The van der Waals surface area contributed by atoms with Gasteiger partial charge in [0.05, 0.1) is 26.0 Å². The highest BCUT2D eigenvalue weighted by Gasteiger charge is 2.14. The zero-order chi connectivity index (χ0) is 13.7. The molecule has 1 heterocycles. The largest absolute Gasteiger partial charge is 0.497 e. The van der Waals surface area contributed by atoms with E-state index in [-0.39, 0.29) is 6.04 Å². The van der Waals surface area contributed by atoms with Crippen molar-refractivity contribution in [3.63, 3.8) is 0 Å². The number of ether oxygens (including phenoxy) is 2. The molecule has 2 aromatic rings. The van der Waals surface area contributed by atoms with E-state index in [4.69, 9.17) is 9.47 Å². The summed E-state index contributed by atoms with van der Waals surface area (Å²) in [6, 6.07) is 11.5. The quantitative estimate of drug-likeness (QED) is 0.887. The molecule has 0 amide bonds. The summed E-state index contributed by atoms with van der Waals surface area (Å²) in [6.07, 6.45) is 0. The minimum Gasteiger partial charge on any atom is -0.497 e. The van der Waals surface area contributed by atoms with Crippen LogP contribution in [-0.4, -0.2) is 31.5 Å². The van der Waals surface area contributed by atoms with Gasteiger partial charge in [-0.1, -0.05) is 12.1 Å². The Kier molecular flexibility index (Phi) is 4.30. The van der Waals surface area contributed by atoms with Crippen molar-refractivity contribution in [2.45, 2.75) is 6.04 Å². The van der Waals surface area contributed by atoms with Gasteiger partial charge in [0.15, 0.2) is 0 Å². The Morgan fingerprint density at radius 3 is 2.47 bits per heavy atom. The van der Waals surface area contributed by atoms with E-state index in [2.05, 4.69) is 15.5 Å². The van der Waals surface area contributed by atoms with Crippen LogP contribution in [-0.2, 0) is 0 Å². The summed E-state index contributed by atoms with van der Waals surface area (Å²) >= 11 is 0. The third-order valence-electron chi connectivity index (χ3n) is 2.88. The van der Waals surface area contributed by atoms with Gasteiger partial charge in [0.2, 0.25) is 5.88 Å². The normalized spacial score (nSPS) is 11.9. The van der Waals surface area contributed by atoms with Crippen LogP contribution in [0.3, 0.4) is 0 Å². The van der Waals surface area contributed by atoms with Gasteiger partial charge in [-0.2, -0.15) is 0 Å². The van der Waals surface area contributed by atoms with Gasteiger partial charge in [0.1, 0.15) is 5.75 Å². The number of nitrogens with zero attached hydrogens (tertiary/aromatic N) is 2. The number of aromatic nitrogens is 2. The molecule has 0 aliphatic heterocycles. The van der Waals surface area contributed by atoms with Gasteiger partial charge in [0.25, 0.3) is 0 Å². The number of hydrogen-bond donors (Lipinski definition) is 1. The molecule has 0 radical (unpaired) electrons. The molecule has 0 fully saturated rings. The third-order valence-corrected chi connectivity index (χ3v) is 2.88. The predicted molar refractivity (Wildman–Crippen MR) is 72.5 cm³/mol. The average Bonchev–Trinajstić information content (AvgIpc) is 2.49. The van der Waals surface area contributed by atoms with E-state index >= 15 is 0 Å². The topological polar surface area (TPSA) is 56.3 Å². The van der Waals surface area contributed by atoms with Gasteiger partial charge in [-0.15, -0.1) is 10.2 Å². The fourth-order valence-electron chi connectivity index (χ4n) is 1.90. The number of methoxy groups -OCH3 is 2. The van der Waals surface area contributed by atoms with E-state index in [0.717, 1.165) is 17.0 Å². The highest BCUT2D eigenvalue weighted by atomic mass is 16.5. The Labute approximate surface area is 112 Å². The van der Waals surface area contributed by atoms with Crippen LogP contribution in [0.15, 0.2) is 36.4 Å². The molecule has 0 saturated heterocycles. The maximum Gasteiger partial charge on any atom is 0.233 e. The van der Waals surface area contributed by atoms with Crippen molar-refractivity contribution in [2.24, 2.45) is 0 Å². The minimum atomic E-state index is -0.0338. The van der Waals surface area contributed by atoms with E-state index in [1.807, 2.05) is 37.4 Å². The number of benzene rings is 1. The van der Waals surface area contributed by atoms with E-state index in [9.17, 15) is 0 Å². The monoisotopic (exact) mass is 259 g/mol. The van der Waals surface area contributed by atoms with Gasteiger partial charge in [-0.05, 0) is 30.8 Å². The fourth-order valence-corrected chi connectivity index (χ4v) is 1.90. The van der Waals surface area contributed by atoms with Gasteiger partial charge >= 0.3 is 0 Å². The summed E-state index contributed by atoms with van der Waals surface area (Å²) in [5.74, 6) is 1.32. The first-order valence-corrected chi connectivity index (χ1v) is 5.97. The highest BCUT2D eigenvalue weighted by molar-refractivity contribution is 5.34. The smallest absolute Gasteiger partial charge is 0.233 e. The zero-order valence-electron chi connectivity index (χ0n) is 11.3. The Hall–Kier alpha value is -2.14. The van der Waals surface area contributed by atoms with Crippen molar-refractivity contribution in [1.29, 1.82) is 0 Å². The molecule has 5 nitrogen and oxygen atoms in total. The molecule has 2 rings (SSSR count). The molecular formula is C14H17N3O2. The van der Waals surface area contributed by atoms with Crippen molar-refractivity contribution in [3.05, 3.63) is 47.7 Å². The summed E-state index contributed by atoms with van der Waals surface area (Å²) in [7, 11) is 5.11. The second-order valence-corrected chi connectivity index (χ2v) is 4.00. The summed E-state index contributed by atoms with van der Waals surface area (Å²) in [5.41, 5.74) is 1.90. The van der Waals surface area contributed by atoms with Crippen molar-refractivity contribution in [2.75, 3.05) is 21.3 Å². The highest BCUT2D eigenvalue weighted by Crippen LogP contribution is 2.23. The fraction of sp³-hybridized carbons (Fsp3) is 0.286. The lowest BCUT2D eigenvalue weighted by molar-refractivity contribution is 0.390. The van der Waals surface area contributed by atoms with Gasteiger partial charge < -0.3 is 14.8 Å². The molecule has 1 aromatic heterocycles. The molecule has 1 atom stereocenters. The Bertz CT molecular complexity index is 528. The van der Waals surface area contributed by atoms with Gasteiger partial charge in [-0.25, -0.2) is 0 Å². The molecular weight excluding hydrogens is 242 g/mol. The van der Waals surface area contributed by atoms with Crippen LogP contribution in [0, 0.1) is 0 Å². The van der Waals surface area contributed by atoms with Gasteiger partial charge in [0, 0.05) is 6.07 Å². The molecule has 1 N–H and O–H groups in total. The first-order chi connectivity index (χ1) is 9.28. The summed E-state index contributed by atoms with van der Waals surface area (Å²) < 4.78 is 10.2. The zero-order valence-corrected chi connectivity index (χ0v) is 11.3. The lowest BCUT2D eigenvalue weighted by Crippen LogP contribution is -2.19. The molecule has 0 bridgehead atoms. The molecule has 0 saturated carbocycles. The average molecular weight is 259 g/mol. The SMILES string of the molecule is CNC(c1cccc(OC)c1)c1ccc(OC)nn1. The molecule has 0 spiro atoms. The first kappa shape index (κ1) is 13.3. The van der Waals surface area contributed by atoms with Crippen molar-refractivity contribution in [3.8, 4) is 11.6 Å². The Morgan fingerprint density at radius 2 is 1.89 bits per heavy atom. The van der Waals surface area contributed by atoms with E-state index < -0.39 is 0 Å². The molecule has 1 aromatic carbocycles. The van der Waals surface area contributed by atoms with Crippen LogP contribution in [0.2, 0.25) is 0 Å². The molecule has 5 heteroatoms. The lowest BCUT2D eigenvalue weighted by Gasteiger charge is -2.16. The number of hydrogen-bond acceptors (Lipinski definition) is 5. The van der Waals surface area contributed by atoms with Crippen LogP contribution < -0.4 is 14.8 Å². The summed E-state index contributed by atoms with van der Waals surface area (Å²) in [4.78, 5) is 0. The van der Waals surface area contributed by atoms with E-state index in [1.165, 1.54) is 0 Å². The van der Waals surface area contributed by atoms with Gasteiger partial charge in [-0.3, -0.25) is 0 Å². The summed E-state index contributed by atoms with van der Waals surface area (Å²) in [5, 5.41) is 11.4. The maximum atomic E-state index is 5.24. The molecule has 100 valence electrons. The van der Waals surface area contributed by atoms with Crippen molar-refractivity contribution >= 4 is 0 Å². The van der Waals surface area contributed by atoms with Crippen molar-refractivity contribution in [1.82, 2.24) is 15.5 Å². The number of nitrogens with one attached hydrogen (secondary N) is 1. The standard InChI is InChI=1S/C14H17N3O2/c1-15-14(10-5-4-6-11(9-10)18-2)12-7-8-13(19-3)17-16-12/h4-9,14-15H,1-3H3. The van der Waals surface area contributed by atoms with E-state index in [0.29, 0.717) is 5.88 Å². The van der Waals surface area contributed by atoms with E-state index in [1.54, 1.807) is 20.3 Å². The molecule has 19 heavy (non-hydrogen) atoms. The van der Waals surface area contributed by atoms with Crippen LogP contribution >= 0.6 is 0 Å². The molecule has 1 unspecified atom stereocenters. The van der Waals surface area contributed by atoms with Crippen LogP contribution in [0.4, 0.5) is 0 Å².